The maximum absolute atomic E-state index is 5.43. The van der Waals surface area contributed by atoms with Crippen molar-refractivity contribution in [2.24, 2.45) is 5.41 Å². The summed E-state index contributed by atoms with van der Waals surface area (Å²) in [6.07, 6.45) is 7.22. The van der Waals surface area contributed by atoms with Gasteiger partial charge in [0.25, 0.3) is 0 Å². The molecular weight excluding hydrogens is 222 g/mol. The van der Waals surface area contributed by atoms with Gasteiger partial charge in [0, 0.05) is 18.7 Å². The second kappa shape index (κ2) is 9.35. The molecule has 0 amide bonds. The van der Waals surface area contributed by atoms with E-state index in [-0.39, 0.29) is 5.41 Å². The van der Waals surface area contributed by atoms with Crippen LogP contribution in [0.15, 0.2) is 25.3 Å². The maximum Gasteiger partial charge on any atom is 0.0616 e. The Morgan fingerprint density at radius 3 is 2.17 bits per heavy atom. The Kier molecular flexibility index (Phi) is 9.03. The molecule has 18 heavy (non-hydrogen) atoms. The van der Waals surface area contributed by atoms with Crippen LogP contribution in [-0.2, 0) is 4.74 Å². The number of hydrogen-bond donors (Lipinski definition) is 1. The smallest absolute Gasteiger partial charge is 0.0616 e. The Bertz CT molecular complexity index is 227. The van der Waals surface area contributed by atoms with E-state index >= 15 is 0 Å². The Morgan fingerprint density at radius 2 is 1.72 bits per heavy atom. The van der Waals surface area contributed by atoms with Crippen LogP contribution in [0.2, 0.25) is 0 Å². The Morgan fingerprint density at radius 1 is 1.17 bits per heavy atom. The average Bonchev–Trinajstić information content (AvgIpc) is 2.26. The molecule has 106 valence electrons. The van der Waals surface area contributed by atoms with Crippen molar-refractivity contribution in [2.45, 2.75) is 59.0 Å². The molecule has 2 unspecified atom stereocenters. The number of allylic oxidation sites excluding steroid dienone is 2. The van der Waals surface area contributed by atoms with Crippen molar-refractivity contribution in [3.05, 3.63) is 25.3 Å². The quantitative estimate of drug-likeness (QED) is 0.563. The maximum atomic E-state index is 5.43. The minimum Gasteiger partial charge on any atom is -0.380 e. The first-order valence-electron chi connectivity index (χ1n) is 7.03. The first-order chi connectivity index (χ1) is 8.47. The zero-order valence-corrected chi connectivity index (χ0v) is 12.7. The van der Waals surface area contributed by atoms with Crippen molar-refractivity contribution >= 4 is 0 Å². The van der Waals surface area contributed by atoms with E-state index in [4.69, 9.17) is 4.74 Å². The minimum atomic E-state index is 0.265. The summed E-state index contributed by atoms with van der Waals surface area (Å²) in [6, 6.07) is 0.877. The first kappa shape index (κ1) is 17.4. The minimum absolute atomic E-state index is 0.265. The van der Waals surface area contributed by atoms with E-state index in [9.17, 15) is 0 Å². The molecule has 0 aliphatic carbocycles. The van der Waals surface area contributed by atoms with Crippen molar-refractivity contribution in [2.75, 3.05) is 13.2 Å². The fourth-order valence-corrected chi connectivity index (χ4v) is 2.57. The van der Waals surface area contributed by atoms with Crippen LogP contribution in [0.25, 0.3) is 0 Å². The number of rotatable bonds is 11. The van der Waals surface area contributed by atoms with E-state index < -0.39 is 0 Å². The molecule has 0 heterocycles. The Balaban J connectivity index is 4.19. The average molecular weight is 253 g/mol. The number of ether oxygens (including phenoxy) is 1. The SMILES string of the molecule is C=CCC(C)(CC=C)CC(C)NC(C)COCC. The van der Waals surface area contributed by atoms with Crippen molar-refractivity contribution in [1.29, 1.82) is 0 Å². The fourth-order valence-electron chi connectivity index (χ4n) is 2.57. The molecule has 2 nitrogen and oxygen atoms in total. The van der Waals surface area contributed by atoms with Gasteiger partial charge in [-0.3, -0.25) is 0 Å². The molecule has 0 spiro atoms. The monoisotopic (exact) mass is 253 g/mol. The zero-order chi connectivity index (χ0) is 14.0. The van der Waals surface area contributed by atoms with Gasteiger partial charge in [-0.05, 0) is 45.4 Å². The van der Waals surface area contributed by atoms with Gasteiger partial charge in [0.2, 0.25) is 0 Å². The highest BCUT2D eigenvalue weighted by molar-refractivity contribution is 4.91. The third-order valence-electron chi connectivity index (χ3n) is 3.21. The lowest BCUT2D eigenvalue weighted by Gasteiger charge is -2.32. The molecule has 0 aliphatic rings. The molecule has 0 saturated carbocycles. The molecule has 2 heteroatoms. The van der Waals surface area contributed by atoms with E-state index in [2.05, 4.69) is 39.2 Å². The van der Waals surface area contributed by atoms with Crippen molar-refractivity contribution in [1.82, 2.24) is 5.32 Å². The van der Waals surface area contributed by atoms with Gasteiger partial charge < -0.3 is 10.1 Å². The molecule has 0 aromatic heterocycles. The van der Waals surface area contributed by atoms with Crippen LogP contribution < -0.4 is 5.32 Å². The number of nitrogens with one attached hydrogen (secondary N) is 1. The highest BCUT2D eigenvalue weighted by Gasteiger charge is 2.24. The van der Waals surface area contributed by atoms with Crippen molar-refractivity contribution < 1.29 is 4.74 Å². The highest BCUT2D eigenvalue weighted by Crippen LogP contribution is 2.32. The lowest BCUT2D eigenvalue weighted by molar-refractivity contribution is 0.120. The van der Waals surface area contributed by atoms with Gasteiger partial charge in [-0.1, -0.05) is 19.1 Å². The standard InChI is InChI=1S/C16H31NO/c1-7-10-16(6,11-8-2)12-14(4)17-15(5)13-18-9-3/h7-8,14-15,17H,1-2,9-13H2,3-6H3. The largest absolute Gasteiger partial charge is 0.380 e. The third kappa shape index (κ3) is 7.67. The molecule has 2 atom stereocenters. The Hall–Kier alpha value is -0.600. The van der Waals surface area contributed by atoms with Crippen LogP contribution in [0.3, 0.4) is 0 Å². The van der Waals surface area contributed by atoms with Crippen LogP contribution in [0.5, 0.6) is 0 Å². The van der Waals surface area contributed by atoms with Gasteiger partial charge in [-0.15, -0.1) is 13.2 Å². The van der Waals surface area contributed by atoms with Gasteiger partial charge in [-0.25, -0.2) is 0 Å². The number of hydrogen-bond acceptors (Lipinski definition) is 2. The molecule has 0 aliphatic heterocycles. The molecule has 1 N–H and O–H groups in total. The van der Waals surface area contributed by atoms with E-state index in [1.54, 1.807) is 0 Å². The van der Waals surface area contributed by atoms with Gasteiger partial charge in [0.05, 0.1) is 6.61 Å². The van der Waals surface area contributed by atoms with Gasteiger partial charge >= 0.3 is 0 Å². The van der Waals surface area contributed by atoms with Crippen molar-refractivity contribution in [3.8, 4) is 0 Å². The van der Waals surface area contributed by atoms with E-state index in [0.29, 0.717) is 12.1 Å². The lowest BCUT2D eigenvalue weighted by Crippen LogP contribution is -2.40. The van der Waals surface area contributed by atoms with Gasteiger partial charge in [-0.2, -0.15) is 0 Å². The second-order valence-electron chi connectivity index (χ2n) is 5.63. The van der Waals surface area contributed by atoms with Crippen LogP contribution in [0.1, 0.15) is 47.0 Å². The van der Waals surface area contributed by atoms with E-state index in [1.165, 1.54) is 0 Å². The Labute approximate surface area is 113 Å². The molecule has 0 rings (SSSR count). The molecule has 0 radical (unpaired) electrons. The second-order valence-corrected chi connectivity index (χ2v) is 5.63. The van der Waals surface area contributed by atoms with Gasteiger partial charge in [0.1, 0.15) is 0 Å². The first-order valence-corrected chi connectivity index (χ1v) is 7.03. The van der Waals surface area contributed by atoms with Crippen LogP contribution in [0.4, 0.5) is 0 Å². The predicted octanol–water partition coefficient (Wildman–Crippen LogP) is 3.94. The molecule has 0 aromatic rings. The lowest BCUT2D eigenvalue weighted by atomic mass is 9.78. The molecule has 0 saturated heterocycles. The summed E-state index contributed by atoms with van der Waals surface area (Å²) >= 11 is 0. The summed E-state index contributed by atoms with van der Waals surface area (Å²) < 4.78 is 5.43. The normalized spacial score (nSPS) is 15.1. The predicted molar refractivity (Wildman–Crippen MR) is 80.9 cm³/mol. The summed E-state index contributed by atoms with van der Waals surface area (Å²) in [5.74, 6) is 0. The fraction of sp³-hybridized carbons (Fsp3) is 0.750. The molecule has 0 fully saturated rings. The van der Waals surface area contributed by atoms with Crippen LogP contribution in [0, 0.1) is 5.41 Å². The van der Waals surface area contributed by atoms with Crippen molar-refractivity contribution in [3.63, 3.8) is 0 Å². The third-order valence-corrected chi connectivity index (χ3v) is 3.21. The van der Waals surface area contributed by atoms with E-state index in [0.717, 1.165) is 32.5 Å². The summed E-state index contributed by atoms with van der Waals surface area (Å²) in [5.41, 5.74) is 0.265. The summed E-state index contributed by atoms with van der Waals surface area (Å²) in [5, 5.41) is 3.59. The molecular formula is C16H31NO. The van der Waals surface area contributed by atoms with Crippen LogP contribution in [-0.4, -0.2) is 25.3 Å². The summed E-state index contributed by atoms with van der Waals surface area (Å²) in [6.45, 7) is 18.0. The summed E-state index contributed by atoms with van der Waals surface area (Å²) in [4.78, 5) is 0. The van der Waals surface area contributed by atoms with Crippen LogP contribution >= 0.6 is 0 Å². The topological polar surface area (TPSA) is 21.3 Å². The highest BCUT2D eigenvalue weighted by atomic mass is 16.5. The zero-order valence-electron chi connectivity index (χ0n) is 12.7. The summed E-state index contributed by atoms with van der Waals surface area (Å²) in [7, 11) is 0. The molecule has 0 aromatic carbocycles. The molecule has 0 bridgehead atoms. The van der Waals surface area contributed by atoms with E-state index in [1.807, 2.05) is 19.1 Å². The van der Waals surface area contributed by atoms with Gasteiger partial charge in [0.15, 0.2) is 0 Å².